The molecule has 1 aromatic heterocycles. The Hall–Kier alpha value is -2.55. The summed E-state index contributed by atoms with van der Waals surface area (Å²) < 4.78 is 0. The molecular formula is C14H17N5O. The lowest BCUT2D eigenvalue weighted by atomic mass is 10.1. The molecule has 3 N–H and O–H groups in total. The molecule has 0 unspecified atom stereocenters. The average molecular weight is 271 g/mol. The van der Waals surface area contributed by atoms with Crippen molar-refractivity contribution in [1.82, 2.24) is 9.97 Å². The van der Waals surface area contributed by atoms with Gasteiger partial charge in [0.1, 0.15) is 0 Å². The second-order valence-electron chi connectivity index (χ2n) is 4.86. The van der Waals surface area contributed by atoms with E-state index in [1.807, 2.05) is 18.7 Å². The first-order valence-corrected chi connectivity index (χ1v) is 6.45. The van der Waals surface area contributed by atoms with Crippen LogP contribution in [0.4, 0.5) is 11.4 Å². The predicted octanol–water partition coefficient (Wildman–Crippen LogP) is 1.63. The van der Waals surface area contributed by atoms with Gasteiger partial charge >= 0.3 is 0 Å². The lowest BCUT2D eigenvalue weighted by Gasteiger charge is -2.29. The Morgan fingerprint density at radius 3 is 2.90 bits per heavy atom. The molecule has 2 aromatic rings. The van der Waals surface area contributed by atoms with Crippen LogP contribution in [-0.2, 0) is 0 Å². The Kier molecular flexibility index (Phi) is 3.89. The third-order valence-corrected chi connectivity index (χ3v) is 3.19. The summed E-state index contributed by atoms with van der Waals surface area (Å²) in [6.45, 7) is 4.66. The van der Waals surface area contributed by atoms with Gasteiger partial charge in [0.2, 0.25) is 0 Å². The fourth-order valence-electron chi connectivity index (χ4n) is 2.20. The smallest absolute Gasteiger partial charge is 0.258 e. The molecule has 2 rings (SSSR count). The van der Waals surface area contributed by atoms with Crippen molar-refractivity contribution >= 4 is 22.3 Å². The molecule has 0 aliphatic heterocycles. The van der Waals surface area contributed by atoms with Crippen LogP contribution in [0.15, 0.2) is 23.3 Å². The van der Waals surface area contributed by atoms with Crippen LogP contribution >= 0.6 is 0 Å². The number of anilines is 2. The maximum atomic E-state index is 11.7. The van der Waals surface area contributed by atoms with Gasteiger partial charge in [0.05, 0.1) is 41.1 Å². The van der Waals surface area contributed by atoms with Crippen LogP contribution < -0.4 is 16.2 Å². The summed E-state index contributed by atoms with van der Waals surface area (Å²) in [4.78, 5) is 20.4. The maximum absolute atomic E-state index is 11.7. The molecule has 0 saturated heterocycles. The summed E-state index contributed by atoms with van der Waals surface area (Å²) in [5.74, 6) is 0. The number of hydrogen-bond donors (Lipinski definition) is 2. The Balaban J connectivity index is 2.55. The quantitative estimate of drug-likeness (QED) is 0.823. The molecule has 1 heterocycles. The van der Waals surface area contributed by atoms with Crippen molar-refractivity contribution in [2.24, 2.45) is 0 Å². The molecular weight excluding hydrogens is 254 g/mol. The summed E-state index contributed by atoms with van der Waals surface area (Å²) in [6, 6.07) is 5.77. The molecule has 0 bridgehead atoms. The summed E-state index contributed by atoms with van der Waals surface area (Å²) in [6.07, 6.45) is 1.79. The second kappa shape index (κ2) is 5.61. The molecule has 0 amide bonds. The van der Waals surface area contributed by atoms with Crippen molar-refractivity contribution in [3.8, 4) is 6.07 Å². The number of fused-ring (bicyclic) bond motifs is 1. The number of hydrogen-bond acceptors (Lipinski definition) is 5. The highest BCUT2D eigenvalue weighted by atomic mass is 16.1. The lowest BCUT2D eigenvalue weighted by molar-refractivity contribution is 0.688. The highest BCUT2D eigenvalue weighted by Gasteiger charge is 2.15. The van der Waals surface area contributed by atoms with E-state index in [9.17, 15) is 4.79 Å². The first kappa shape index (κ1) is 13.9. The first-order chi connectivity index (χ1) is 9.54. The van der Waals surface area contributed by atoms with Crippen molar-refractivity contribution in [3.05, 3.63) is 28.8 Å². The number of nitrogen functional groups attached to an aromatic ring is 1. The van der Waals surface area contributed by atoms with Crippen LogP contribution in [0.3, 0.4) is 0 Å². The zero-order chi connectivity index (χ0) is 14.7. The summed E-state index contributed by atoms with van der Waals surface area (Å²) in [5, 5.41) is 9.23. The third kappa shape index (κ3) is 2.57. The van der Waals surface area contributed by atoms with Crippen LogP contribution in [0.2, 0.25) is 0 Å². The van der Waals surface area contributed by atoms with Crippen LogP contribution in [0.25, 0.3) is 10.9 Å². The van der Waals surface area contributed by atoms with Gasteiger partial charge in [-0.2, -0.15) is 5.26 Å². The van der Waals surface area contributed by atoms with E-state index in [1.54, 1.807) is 12.1 Å². The fraction of sp³-hybridized carbons (Fsp3) is 0.357. The van der Waals surface area contributed by atoms with Crippen LogP contribution in [-0.4, -0.2) is 22.6 Å². The highest BCUT2D eigenvalue weighted by Crippen LogP contribution is 2.28. The molecule has 0 spiro atoms. The largest absolute Gasteiger partial charge is 0.397 e. The van der Waals surface area contributed by atoms with Gasteiger partial charge in [-0.05, 0) is 26.0 Å². The number of H-pyrrole nitrogens is 1. The van der Waals surface area contributed by atoms with Crippen LogP contribution in [0.1, 0.15) is 20.3 Å². The molecule has 0 fully saturated rings. The molecule has 0 atom stereocenters. The molecule has 104 valence electrons. The molecule has 6 nitrogen and oxygen atoms in total. The van der Waals surface area contributed by atoms with Gasteiger partial charge in [0.15, 0.2) is 0 Å². The molecule has 20 heavy (non-hydrogen) atoms. The number of nitriles is 1. The normalized spacial score (nSPS) is 10.7. The third-order valence-electron chi connectivity index (χ3n) is 3.19. The number of nitrogens with one attached hydrogen (secondary N) is 1. The van der Waals surface area contributed by atoms with Crippen molar-refractivity contribution in [3.63, 3.8) is 0 Å². The standard InChI is InChI=1S/C14H17N5O/c1-9(2)19(5-3-4-15)13-7-12-10(6-11(13)16)14(20)18-8-17-12/h6-9H,3,5,16H2,1-2H3,(H,17,18,20). The van der Waals surface area contributed by atoms with Gasteiger partial charge in [-0.1, -0.05) is 0 Å². The van der Waals surface area contributed by atoms with Gasteiger partial charge in [-0.15, -0.1) is 0 Å². The average Bonchev–Trinajstić information content (AvgIpc) is 2.40. The van der Waals surface area contributed by atoms with Crippen LogP contribution in [0, 0.1) is 11.3 Å². The minimum Gasteiger partial charge on any atom is -0.397 e. The molecule has 1 aromatic carbocycles. The van der Waals surface area contributed by atoms with Crippen molar-refractivity contribution in [1.29, 1.82) is 5.26 Å². The summed E-state index contributed by atoms with van der Waals surface area (Å²) in [7, 11) is 0. The summed E-state index contributed by atoms with van der Waals surface area (Å²) in [5.41, 5.74) is 7.77. The Bertz CT molecular complexity index is 714. The number of benzene rings is 1. The Morgan fingerprint density at radius 2 is 2.25 bits per heavy atom. The first-order valence-electron chi connectivity index (χ1n) is 6.45. The van der Waals surface area contributed by atoms with Crippen LogP contribution in [0.5, 0.6) is 0 Å². The lowest BCUT2D eigenvalue weighted by Crippen LogP contribution is -2.32. The van der Waals surface area contributed by atoms with Crippen molar-refractivity contribution in [2.75, 3.05) is 17.2 Å². The fourth-order valence-corrected chi connectivity index (χ4v) is 2.20. The van der Waals surface area contributed by atoms with E-state index in [4.69, 9.17) is 11.0 Å². The highest BCUT2D eigenvalue weighted by molar-refractivity contribution is 5.88. The van der Waals surface area contributed by atoms with E-state index in [0.717, 1.165) is 5.69 Å². The number of nitrogens with two attached hydrogens (primary N) is 1. The van der Waals surface area contributed by atoms with Gasteiger partial charge < -0.3 is 15.6 Å². The number of rotatable bonds is 4. The zero-order valence-corrected chi connectivity index (χ0v) is 11.6. The van der Waals surface area contributed by atoms with E-state index in [-0.39, 0.29) is 11.6 Å². The zero-order valence-electron chi connectivity index (χ0n) is 11.6. The minimum absolute atomic E-state index is 0.199. The summed E-state index contributed by atoms with van der Waals surface area (Å²) >= 11 is 0. The molecule has 0 aliphatic rings. The molecule has 0 aliphatic carbocycles. The topological polar surface area (TPSA) is 98.8 Å². The Labute approximate surface area is 116 Å². The second-order valence-corrected chi connectivity index (χ2v) is 4.86. The van der Waals surface area contributed by atoms with E-state index in [2.05, 4.69) is 16.0 Å². The van der Waals surface area contributed by atoms with Gasteiger partial charge in [-0.3, -0.25) is 4.79 Å². The van der Waals surface area contributed by atoms with Gasteiger partial charge in [0, 0.05) is 12.6 Å². The number of aromatic amines is 1. The van der Waals surface area contributed by atoms with E-state index in [0.29, 0.717) is 29.6 Å². The van der Waals surface area contributed by atoms with E-state index in [1.165, 1.54) is 6.33 Å². The Morgan fingerprint density at radius 1 is 1.50 bits per heavy atom. The van der Waals surface area contributed by atoms with E-state index >= 15 is 0 Å². The number of aromatic nitrogens is 2. The maximum Gasteiger partial charge on any atom is 0.258 e. The monoisotopic (exact) mass is 271 g/mol. The van der Waals surface area contributed by atoms with Gasteiger partial charge in [-0.25, -0.2) is 4.98 Å². The number of nitrogens with zero attached hydrogens (tertiary/aromatic N) is 3. The predicted molar refractivity (Wildman–Crippen MR) is 79.5 cm³/mol. The SMILES string of the molecule is CC(C)N(CCC#N)c1cc2nc[nH]c(=O)c2cc1N. The van der Waals surface area contributed by atoms with E-state index < -0.39 is 0 Å². The minimum atomic E-state index is -0.207. The van der Waals surface area contributed by atoms with Crippen molar-refractivity contribution in [2.45, 2.75) is 26.3 Å². The van der Waals surface area contributed by atoms with Gasteiger partial charge in [0.25, 0.3) is 5.56 Å². The molecule has 0 saturated carbocycles. The van der Waals surface area contributed by atoms with Crippen molar-refractivity contribution < 1.29 is 0 Å². The molecule has 0 radical (unpaired) electrons. The molecule has 6 heteroatoms.